The molecule has 204 valence electrons. The lowest BCUT2D eigenvalue weighted by Crippen LogP contribution is -2.35. The highest BCUT2D eigenvalue weighted by Crippen LogP contribution is 2.40. The third-order valence-electron chi connectivity index (χ3n) is 10.6. The van der Waals surface area contributed by atoms with Crippen LogP contribution in [-0.4, -0.2) is 0 Å². The molecule has 0 spiro atoms. The van der Waals surface area contributed by atoms with E-state index in [-0.39, 0.29) is 0 Å². The first-order valence-electron chi connectivity index (χ1n) is 16.1. The lowest BCUT2D eigenvalue weighted by atomic mass is 9.76. The Morgan fingerprint density at radius 1 is 0.643 bits per heavy atom. The molecule has 42 heavy (non-hydrogen) atoms. The number of hydrogen-bond acceptors (Lipinski definition) is 0. The van der Waals surface area contributed by atoms with Crippen LogP contribution in [-0.2, 0) is 0 Å². The van der Waals surface area contributed by atoms with Gasteiger partial charge in [0.15, 0.2) is 0 Å². The number of rotatable bonds is 3. The Labute approximate surface area is 248 Å². The summed E-state index contributed by atoms with van der Waals surface area (Å²) in [5.41, 5.74) is 13.6. The SMILES string of the molecule is C1=CCC2CCC(c3c4c(c(C5=CC=C(C6=c7cccc8c7=C(C=C8)CC6)CC5)c5ccccc35)=CCCC=4)=CC2=C1. The topological polar surface area (TPSA) is 0 Å². The Balaban J connectivity index is 1.22. The fraction of sp³-hybridized carbons (Fsp3) is 0.238. The molecule has 0 heterocycles. The van der Waals surface area contributed by atoms with Crippen LogP contribution in [0, 0.1) is 5.92 Å². The smallest absolute Gasteiger partial charge is 0.00700 e. The summed E-state index contributed by atoms with van der Waals surface area (Å²) in [6.45, 7) is 0. The molecule has 6 aliphatic rings. The molecule has 0 saturated heterocycles. The molecule has 0 N–H and O–H groups in total. The summed E-state index contributed by atoms with van der Waals surface area (Å²) in [6, 6.07) is 16.1. The highest BCUT2D eigenvalue weighted by atomic mass is 14.3. The highest BCUT2D eigenvalue weighted by Gasteiger charge is 2.25. The molecule has 3 aromatic carbocycles. The molecule has 1 unspecified atom stereocenters. The van der Waals surface area contributed by atoms with Crippen LogP contribution in [0.2, 0.25) is 0 Å². The summed E-state index contributed by atoms with van der Waals surface area (Å²) in [4.78, 5) is 0. The van der Waals surface area contributed by atoms with Gasteiger partial charge in [0.25, 0.3) is 0 Å². The van der Waals surface area contributed by atoms with E-state index in [1.807, 2.05) is 0 Å². The molecule has 0 aromatic heterocycles. The van der Waals surface area contributed by atoms with E-state index in [0.717, 1.165) is 38.5 Å². The second-order valence-electron chi connectivity index (χ2n) is 12.8. The second kappa shape index (κ2) is 9.70. The van der Waals surface area contributed by atoms with Crippen LogP contribution in [0.3, 0.4) is 0 Å². The average molecular weight is 541 g/mol. The van der Waals surface area contributed by atoms with Gasteiger partial charge in [-0.05, 0) is 145 Å². The predicted octanol–water partition coefficient (Wildman–Crippen LogP) is 7.80. The summed E-state index contributed by atoms with van der Waals surface area (Å²) in [5, 5.41) is 8.80. The number of fused-ring (bicyclic) bond motifs is 3. The number of benzene rings is 3. The zero-order chi connectivity index (χ0) is 27.6. The van der Waals surface area contributed by atoms with Gasteiger partial charge in [0, 0.05) is 0 Å². The van der Waals surface area contributed by atoms with Gasteiger partial charge in [0.05, 0.1) is 0 Å². The van der Waals surface area contributed by atoms with Crippen LogP contribution in [0.15, 0.2) is 96.1 Å². The van der Waals surface area contributed by atoms with E-state index in [2.05, 4.69) is 103 Å². The molecule has 0 aliphatic heterocycles. The van der Waals surface area contributed by atoms with E-state index in [1.54, 1.807) is 11.1 Å². The van der Waals surface area contributed by atoms with Crippen LogP contribution in [0.5, 0.6) is 0 Å². The summed E-state index contributed by atoms with van der Waals surface area (Å²) >= 11 is 0. The fourth-order valence-corrected chi connectivity index (χ4v) is 8.62. The molecule has 0 radical (unpaired) electrons. The van der Waals surface area contributed by atoms with Crippen molar-refractivity contribution in [1.82, 2.24) is 0 Å². The van der Waals surface area contributed by atoms with Crippen molar-refractivity contribution < 1.29 is 0 Å². The standard InChI is InChI=1S/C42H36/c1-2-9-32-26-33(23-16-27(32)8-1)42-38-13-5-3-11-36(38)41(37-12-4-6-14-39(37)42)31-19-17-28(18-20-31)34-25-24-30-22-21-29-10-7-15-35(34)40(29)30/h1-3,5,7,9-15,17,19,21-22,26-27H,4,6,8,16,18,20,23-25H2. The first-order valence-corrected chi connectivity index (χ1v) is 16.1. The van der Waals surface area contributed by atoms with Crippen molar-refractivity contribution in [2.24, 2.45) is 5.92 Å². The maximum absolute atomic E-state index is 2.54. The molecule has 9 rings (SSSR count). The quantitative estimate of drug-likeness (QED) is 0.318. The van der Waals surface area contributed by atoms with Crippen molar-refractivity contribution in [2.75, 3.05) is 0 Å². The zero-order valence-electron chi connectivity index (χ0n) is 24.3. The maximum Gasteiger partial charge on any atom is -0.00700 e. The van der Waals surface area contributed by atoms with Gasteiger partial charge in [-0.1, -0.05) is 103 Å². The van der Waals surface area contributed by atoms with E-state index in [1.165, 1.54) is 89.9 Å². The minimum absolute atomic E-state index is 0.698. The van der Waals surface area contributed by atoms with Crippen LogP contribution in [0.4, 0.5) is 0 Å². The van der Waals surface area contributed by atoms with Gasteiger partial charge in [-0.2, -0.15) is 0 Å². The third-order valence-corrected chi connectivity index (χ3v) is 10.6. The van der Waals surface area contributed by atoms with Crippen molar-refractivity contribution in [3.8, 4) is 0 Å². The highest BCUT2D eigenvalue weighted by molar-refractivity contribution is 6.02. The molecular formula is C42H36. The van der Waals surface area contributed by atoms with Crippen LogP contribution in [0.25, 0.3) is 51.3 Å². The van der Waals surface area contributed by atoms with Crippen molar-refractivity contribution in [3.63, 3.8) is 0 Å². The van der Waals surface area contributed by atoms with Gasteiger partial charge < -0.3 is 0 Å². The Morgan fingerprint density at radius 3 is 2.24 bits per heavy atom. The largest absolute Gasteiger partial charge is 0.0839 e. The first kappa shape index (κ1) is 24.4. The van der Waals surface area contributed by atoms with Crippen LogP contribution in [0.1, 0.15) is 74.5 Å². The molecule has 1 atom stereocenters. The molecule has 0 saturated carbocycles. The van der Waals surface area contributed by atoms with E-state index >= 15 is 0 Å². The van der Waals surface area contributed by atoms with Gasteiger partial charge in [-0.3, -0.25) is 0 Å². The molecule has 6 aliphatic carbocycles. The van der Waals surface area contributed by atoms with Gasteiger partial charge in [-0.25, -0.2) is 0 Å². The second-order valence-corrected chi connectivity index (χ2v) is 12.8. The zero-order valence-corrected chi connectivity index (χ0v) is 24.3. The van der Waals surface area contributed by atoms with Crippen molar-refractivity contribution >= 4 is 51.3 Å². The normalized spacial score (nSPS) is 21.9. The predicted molar refractivity (Wildman–Crippen MR) is 180 cm³/mol. The number of allylic oxidation sites excluding steroid dienone is 11. The Bertz CT molecular complexity index is 2150. The molecule has 0 fully saturated rings. The monoisotopic (exact) mass is 540 g/mol. The van der Waals surface area contributed by atoms with E-state index in [0.29, 0.717) is 5.92 Å². The van der Waals surface area contributed by atoms with Crippen LogP contribution >= 0.6 is 0 Å². The summed E-state index contributed by atoms with van der Waals surface area (Å²) in [6.07, 6.45) is 34.6. The van der Waals surface area contributed by atoms with E-state index in [4.69, 9.17) is 0 Å². The Morgan fingerprint density at radius 2 is 1.43 bits per heavy atom. The molecule has 0 amide bonds. The molecular weight excluding hydrogens is 504 g/mol. The molecule has 0 heteroatoms. The van der Waals surface area contributed by atoms with E-state index < -0.39 is 0 Å². The minimum Gasteiger partial charge on any atom is -0.0839 e. The summed E-state index contributed by atoms with van der Waals surface area (Å²) in [5.74, 6) is 0.698. The van der Waals surface area contributed by atoms with Crippen molar-refractivity contribution in [1.29, 1.82) is 0 Å². The van der Waals surface area contributed by atoms with Gasteiger partial charge in [-0.15, -0.1) is 0 Å². The number of hydrogen-bond donors (Lipinski definition) is 0. The van der Waals surface area contributed by atoms with Crippen molar-refractivity contribution in [2.45, 2.75) is 57.8 Å². The van der Waals surface area contributed by atoms with Gasteiger partial charge in [0.1, 0.15) is 0 Å². The third kappa shape index (κ3) is 3.74. The van der Waals surface area contributed by atoms with Gasteiger partial charge in [0.2, 0.25) is 0 Å². The average Bonchev–Trinajstić information content (AvgIpc) is 3.48. The molecule has 0 bridgehead atoms. The van der Waals surface area contributed by atoms with Crippen molar-refractivity contribution in [3.05, 3.63) is 134 Å². The lowest BCUT2D eigenvalue weighted by molar-refractivity contribution is 0.572. The maximum atomic E-state index is 2.54. The fourth-order valence-electron chi connectivity index (χ4n) is 8.62. The Hall–Kier alpha value is -4.16. The summed E-state index contributed by atoms with van der Waals surface area (Å²) in [7, 11) is 0. The van der Waals surface area contributed by atoms with Gasteiger partial charge >= 0.3 is 0 Å². The summed E-state index contributed by atoms with van der Waals surface area (Å²) < 4.78 is 0. The minimum atomic E-state index is 0.698. The lowest BCUT2D eigenvalue weighted by Gasteiger charge is -2.28. The molecule has 0 nitrogen and oxygen atoms in total. The van der Waals surface area contributed by atoms with E-state index in [9.17, 15) is 0 Å². The Kier molecular flexibility index (Phi) is 5.65. The molecule has 3 aromatic rings. The first-order chi connectivity index (χ1) is 20.8. The van der Waals surface area contributed by atoms with Crippen LogP contribution < -0.4 is 20.9 Å².